The van der Waals surface area contributed by atoms with Crippen LogP contribution < -0.4 is 5.32 Å². The Balaban J connectivity index is 2.32. The second kappa shape index (κ2) is 9.74. The zero-order chi connectivity index (χ0) is 19.2. The van der Waals surface area contributed by atoms with E-state index in [1.54, 1.807) is 13.8 Å². The first kappa shape index (κ1) is 22.2. The van der Waals surface area contributed by atoms with E-state index < -0.39 is 54.7 Å². The van der Waals surface area contributed by atoms with Crippen LogP contribution in [0.5, 0.6) is 0 Å². The van der Waals surface area contributed by atoms with Crippen LogP contribution in [0.4, 0.5) is 0 Å². The smallest absolute Gasteiger partial charge is 0.249 e. The van der Waals surface area contributed by atoms with Crippen LogP contribution in [-0.2, 0) is 14.3 Å². The molecule has 1 aliphatic heterocycles. The number of amides is 1. The highest BCUT2D eigenvalue weighted by molar-refractivity contribution is 5.81. The Labute approximate surface area is 146 Å². The lowest BCUT2D eigenvalue weighted by atomic mass is 9.87. The molecule has 6 atom stereocenters. The van der Waals surface area contributed by atoms with Gasteiger partial charge in [0.25, 0.3) is 0 Å². The summed E-state index contributed by atoms with van der Waals surface area (Å²) >= 11 is 0. The van der Waals surface area contributed by atoms with Gasteiger partial charge in [-0.05, 0) is 6.42 Å². The number of hydrogen-bond donors (Lipinski definition) is 7. The fourth-order valence-electron chi connectivity index (χ4n) is 2.23. The zero-order valence-electron chi connectivity index (χ0n) is 14.4. The molecule has 3 unspecified atom stereocenters. The van der Waals surface area contributed by atoms with Crippen molar-refractivity contribution in [3.63, 3.8) is 0 Å². The van der Waals surface area contributed by atoms with Gasteiger partial charge in [0.1, 0.15) is 30.5 Å². The van der Waals surface area contributed by atoms with E-state index in [4.69, 9.17) is 19.7 Å². The van der Waals surface area contributed by atoms with E-state index in [1.807, 2.05) is 0 Å². The summed E-state index contributed by atoms with van der Waals surface area (Å²) in [6.07, 6.45) is -7.72. The van der Waals surface area contributed by atoms with Crippen LogP contribution in [0.15, 0.2) is 0 Å². The van der Waals surface area contributed by atoms with Crippen LogP contribution in [0.2, 0.25) is 0 Å². The maximum Gasteiger partial charge on any atom is 0.249 e. The summed E-state index contributed by atoms with van der Waals surface area (Å²) in [4.78, 5) is 11.8. The van der Waals surface area contributed by atoms with Gasteiger partial charge < -0.3 is 45.4 Å². The predicted octanol–water partition coefficient (Wildman–Crippen LogP) is -3.31. The predicted molar refractivity (Wildman–Crippen MR) is 84.2 cm³/mol. The van der Waals surface area contributed by atoms with Gasteiger partial charge in [-0.3, -0.25) is 4.79 Å². The molecule has 0 spiro atoms. The molecule has 25 heavy (non-hydrogen) atoms. The molecule has 0 aliphatic carbocycles. The number of aliphatic hydroxyl groups is 6. The van der Waals surface area contributed by atoms with E-state index in [0.29, 0.717) is 6.42 Å². The minimum atomic E-state index is -1.51. The first-order valence-electron chi connectivity index (χ1n) is 8.14. The highest BCUT2D eigenvalue weighted by Gasteiger charge is 2.43. The van der Waals surface area contributed by atoms with Crippen molar-refractivity contribution in [2.45, 2.75) is 57.1 Å². The third-order valence-corrected chi connectivity index (χ3v) is 4.15. The lowest BCUT2D eigenvalue weighted by Crippen LogP contribution is -2.59. The van der Waals surface area contributed by atoms with E-state index in [1.165, 1.54) is 0 Å². The molecule has 0 radical (unpaired) electrons. The second-order valence-corrected chi connectivity index (χ2v) is 6.76. The Bertz CT molecular complexity index is 418. The van der Waals surface area contributed by atoms with Crippen molar-refractivity contribution in [1.29, 1.82) is 0 Å². The fraction of sp³-hybridized carbons (Fsp3) is 0.933. The molecule has 0 aromatic rings. The Hall–Kier alpha value is -0.850. The average molecular weight is 367 g/mol. The normalized spacial score (nSPS) is 31.6. The van der Waals surface area contributed by atoms with Gasteiger partial charge in [0.05, 0.1) is 19.8 Å². The van der Waals surface area contributed by atoms with Crippen molar-refractivity contribution in [3.8, 4) is 0 Å². The zero-order valence-corrected chi connectivity index (χ0v) is 14.4. The molecule has 7 N–H and O–H groups in total. The largest absolute Gasteiger partial charge is 0.396 e. The third-order valence-electron chi connectivity index (χ3n) is 4.15. The van der Waals surface area contributed by atoms with Gasteiger partial charge in [-0.2, -0.15) is 0 Å². The number of carbonyl (C=O) groups is 1. The second-order valence-electron chi connectivity index (χ2n) is 6.76. The van der Waals surface area contributed by atoms with Crippen LogP contribution in [0.1, 0.15) is 20.3 Å². The number of rotatable bonds is 9. The van der Waals surface area contributed by atoms with Crippen LogP contribution in [-0.4, -0.2) is 99.7 Å². The van der Waals surface area contributed by atoms with Crippen LogP contribution >= 0.6 is 0 Å². The Kier molecular flexibility index (Phi) is 8.64. The van der Waals surface area contributed by atoms with Gasteiger partial charge in [-0.25, -0.2) is 0 Å². The molecule has 1 rings (SSSR count). The summed E-state index contributed by atoms with van der Waals surface area (Å²) < 4.78 is 10.4. The summed E-state index contributed by atoms with van der Waals surface area (Å²) in [6.45, 7) is 2.46. The topological polar surface area (TPSA) is 169 Å². The lowest BCUT2D eigenvalue weighted by molar-refractivity contribution is -0.301. The van der Waals surface area contributed by atoms with Crippen molar-refractivity contribution < 1.29 is 44.9 Å². The molecule has 148 valence electrons. The first-order chi connectivity index (χ1) is 11.7. The first-order valence-corrected chi connectivity index (χ1v) is 8.14. The van der Waals surface area contributed by atoms with E-state index >= 15 is 0 Å². The van der Waals surface area contributed by atoms with Crippen molar-refractivity contribution >= 4 is 5.91 Å². The lowest BCUT2D eigenvalue weighted by Gasteiger charge is -2.39. The third kappa shape index (κ3) is 5.83. The maximum absolute atomic E-state index is 11.8. The standard InChI is InChI=1S/C15H29NO9/c1-15(2,7-18)12(22)13(23)16-4-3-5-24-14-11(21)10(20)9(19)8(6-17)25-14/h8-12,14,17-22H,3-7H2,1-2H3,(H,16,23)/t8?,9-,10?,11?,12+,14-/m1/s1. The molecule has 1 amide bonds. The number of nitrogens with one attached hydrogen (secondary N) is 1. The molecule has 0 bridgehead atoms. The number of carbonyl (C=O) groups excluding carboxylic acids is 1. The monoisotopic (exact) mass is 367 g/mol. The van der Waals surface area contributed by atoms with Crippen molar-refractivity contribution in [1.82, 2.24) is 5.32 Å². The van der Waals surface area contributed by atoms with Crippen molar-refractivity contribution in [2.75, 3.05) is 26.4 Å². The van der Waals surface area contributed by atoms with Crippen molar-refractivity contribution in [2.24, 2.45) is 5.41 Å². The quantitative estimate of drug-likeness (QED) is 0.206. The highest BCUT2D eigenvalue weighted by atomic mass is 16.7. The molecule has 10 heteroatoms. The van der Waals surface area contributed by atoms with E-state index in [9.17, 15) is 25.2 Å². The summed E-state index contributed by atoms with van der Waals surface area (Å²) in [5.74, 6) is -0.619. The Morgan fingerprint density at radius 3 is 2.40 bits per heavy atom. The SMILES string of the molecule is CC(C)(CO)[C@@H](O)C(=O)NCCCO[C@@H]1OC(CO)[C@@H](O)C(O)C1O. The van der Waals surface area contributed by atoms with E-state index in [-0.39, 0.29) is 19.8 Å². The van der Waals surface area contributed by atoms with Gasteiger partial charge >= 0.3 is 0 Å². The van der Waals surface area contributed by atoms with Crippen LogP contribution in [0, 0.1) is 5.41 Å². The van der Waals surface area contributed by atoms with Gasteiger partial charge in [0.15, 0.2) is 6.29 Å². The summed E-state index contributed by atoms with van der Waals surface area (Å²) in [5, 5.41) is 59.6. The number of hydrogen-bond acceptors (Lipinski definition) is 9. The highest BCUT2D eigenvalue weighted by Crippen LogP contribution is 2.22. The molecule has 1 aliphatic rings. The number of aliphatic hydroxyl groups excluding tert-OH is 6. The summed E-state index contributed by atoms with van der Waals surface area (Å²) in [7, 11) is 0. The van der Waals surface area contributed by atoms with Gasteiger partial charge in [0.2, 0.25) is 5.91 Å². The molecular weight excluding hydrogens is 338 g/mol. The minimum Gasteiger partial charge on any atom is -0.396 e. The molecule has 0 aromatic heterocycles. The molecule has 10 nitrogen and oxygen atoms in total. The molecular formula is C15H29NO9. The van der Waals surface area contributed by atoms with Gasteiger partial charge in [-0.1, -0.05) is 13.8 Å². The van der Waals surface area contributed by atoms with Crippen molar-refractivity contribution in [3.05, 3.63) is 0 Å². The van der Waals surface area contributed by atoms with E-state index in [0.717, 1.165) is 0 Å². The molecule has 1 heterocycles. The van der Waals surface area contributed by atoms with Gasteiger partial charge in [-0.15, -0.1) is 0 Å². The fourth-order valence-corrected chi connectivity index (χ4v) is 2.23. The molecule has 1 fully saturated rings. The van der Waals surface area contributed by atoms with Gasteiger partial charge in [0, 0.05) is 12.0 Å². The molecule has 0 aromatic carbocycles. The summed E-state index contributed by atoms with van der Waals surface area (Å²) in [5.41, 5.74) is -0.961. The molecule has 0 saturated carbocycles. The summed E-state index contributed by atoms with van der Waals surface area (Å²) in [6, 6.07) is 0. The maximum atomic E-state index is 11.8. The average Bonchev–Trinajstić information content (AvgIpc) is 2.60. The number of ether oxygens (including phenoxy) is 2. The Morgan fingerprint density at radius 2 is 1.84 bits per heavy atom. The Morgan fingerprint density at radius 1 is 1.20 bits per heavy atom. The van der Waals surface area contributed by atoms with E-state index in [2.05, 4.69) is 5.32 Å². The minimum absolute atomic E-state index is 0.0580. The molecule has 1 saturated heterocycles. The van der Waals surface area contributed by atoms with Crippen LogP contribution in [0.3, 0.4) is 0 Å². The van der Waals surface area contributed by atoms with Crippen LogP contribution in [0.25, 0.3) is 0 Å².